The highest BCUT2D eigenvalue weighted by Crippen LogP contribution is 2.21. The lowest BCUT2D eigenvalue weighted by molar-refractivity contribution is 0.867. The predicted octanol–water partition coefficient (Wildman–Crippen LogP) is 3.17. The topological polar surface area (TPSA) is 32.9 Å². The van der Waals surface area contributed by atoms with Crippen LogP contribution in [0.15, 0.2) is 47.3 Å². The van der Waals surface area contributed by atoms with Gasteiger partial charge in [0.25, 0.3) is 0 Å². The summed E-state index contributed by atoms with van der Waals surface area (Å²) in [6, 6.07) is 13.5. The van der Waals surface area contributed by atoms with Crippen LogP contribution >= 0.6 is 0 Å². The molecule has 0 bridgehead atoms. The third-order valence-corrected chi connectivity index (χ3v) is 2.63. The highest BCUT2D eigenvalue weighted by molar-refractivity contribution is 5.59. The second-order valence-electron chi connectivity index (χ2n) is 4.21. The fourth-order valence-corrected chi connectivity index (χ4v) is 1.68. The molecule has 2 nitrogen and oxygen atoms in total. The van der Waals surface area contributed by atoms with Crippen LogP contribution in [0.1, 0.15) is 25.3 Å². The van der Waals surface area contributed by atoms with Crippen molar-refractivity contribution in [1.29, 1.82) is 0 Å². The zero-order chi connectivity index (χ0) is 11.5. The molecule has 0 saturated carbocycles. The SMILES string of the molecule is CC(C)c1cccc(-c2cccc(=O)[nH]2)c1. The summed E-state index contributed by atoms with van der Waals surface area (Å²) in [5, 5.41) is 0. The van der Waals surface area contributed by atoms with Gasteiger partial charge >= 0.3 is 0 Å². The van der Waals surface area contributed by atoms with E-state index >= 15 is 0 Å². The van der Waals surface area contributed by atoms with Gasteiger partial charge in [-0.3, -0.25) is 4.79 Å². The maximum absolute atomic E-state index is 11.2. The molecule has 16 heavy (non-hydrogen) atoms. The summed E-state index contributed by atoms with van der Waals surface area (Å²) in [6.07, 6.45) is 0. The Kier molecular flexibility index (Phi) is 2.91. The molecule has 1 aromatic heterocycles. The number of benzene rings is 1. The lowest BCUT2D eigenvalue weighted by atomic mass is 9.99. The minimum Gasteiger partial charge on any atom is -0.322 e. The second kappa shape index (κ2) is 4.35. The lowest BCUT2D eigenvalue weighted by Gasteiger charge is -2.07. The van der Waals surface area contributed by atoms with Crippen LogP contribution in [0.25, 0.3) is 11.3 Å². The molecule has 1 heterocycles. The van der Waals surface area contributed by atoms with Crippen molar-refractivity contribution in [2.24, 2.45) is 0 Å². The van der Waals surface area contributed by atoms with Gasteiger partial charge in [0.2, 0.25) is 5.56 Å². The zero-order valence-corrected chi connectivity index (χ0v) is 9.53. The van der Waals surface area contributed by atoms with Crippen molar-refractivity contribution in [3.63, 3.8) is 0 Å². The first kappa shape index (κ1) is 10.7. The van der Waals surface area contributed by atoms with E-state index in [2.05, 4.69) is 31.0 Å². The fourth-order valence-electron chi connectivity index (χ4n) is 1.68. The van der Waals surface area contributed by atoms with Gasteiger partial charge in [0.15, 0.2) is 0 Å². The summed E-state index contributed by atoms with van der Waals surface area (Å²) in [5.41, 5.74) is 3.15. The number of rotatable bonds is 2. The molecule has 0 aliphatic rings. The molecule has 2 rings (SSSR count). The Hall–Kier alpha value is -1.83. The summed E-state index contributed by atoms with van der Waals surface area (Å²) in [5.74, 6) is 0.496. The third kappa shape index (κ3) is 2.22. The summed E-state index contributed by atoms with van der Waals surface area (Å²) in [4.78, 5) is 14.1. The van der Waals surface area contributed by atoms with E-state index in [1.807, 2.05) is 18.2 Å². The molecule has 0 saturated heterocycles. The highest BCUT2D eigenvalue weighted by atomic mass is 16.1. The molecule has 0 amide bonds. The number of aromatic amines is 1. The van der Waals surface area contributed by atoms with Crippen LogP contribution in [0.5, 0.6) is 0 Å². The summed E-state index contributed by atoms with van der Waals surface area (Å²) in [6.45, 7) is 4.32. The van der Waals surface area contributed by atoms with E-state index in [0.29, 0.717) is 5.92 Å². The van der Waals surface area contributed by atoms with Crippen LogP contribution < -0.4 is 5.56 Å². The van der Waals surface area contributed by atoms with Gasteiger partial charge in [-0.25, -0.2) is 0 Å². The van der Waals surface area contributed by atoms with Crippen molar-refractivity contribution in [1.82, 2.24) is 4.98 Å². The van der Waals surface area contributed by atoms with E-state index in [1.165, 1.54) is 11.6 Å². The molecule has 0 atom stereocenters. The van der Waals surface area contributed by atoms with E-state index in [1.54, 1.807) is 6.07 Å². The lowest BCUT2D eigenvalue weighted by Crippen LogP contribution is -2.03. The molecule has 0 aliphatic carbocycles. The van der Waals surface area contributed by atoms with Gasteiger partial charge in [-0.15, -0.1) is 0 Å². The van der Waals surface area contributed by atoms with Gasteiger partial charge in [0.1, 0.15) is 0 Å². The van der Waals surface area contributed by atoms with E-state index in [4.69, 9.17) is 0 Å². The van der Waals surface area contributed by atoms with Crippen LogP contribution in [0.2, 0.25) is 0 Å². The Bertz CT molecular complexity index is 540. The number of H-pyrrole nitrogens is 1. The monoisotopic (exact) mass is 213 g/mol. The molecule has 2 aromatic rings. The summed E-state index contributed by atoms with van der Waals surface area (Å²) in [7, 11) is 0. The first-order valence-corrected chi connectivity index (χ1v) is 5.46. The molecule has 0 aliphatic heterocycles. The molecular weight excluding hydrogens is 198 g/mol. The number of nitrogens with one attached hydrogen (secondary N) is 1. The smallest absolute Gasteiger partial charge is 0.248 e. The highest BCUT2D eigenvalue weighted by Gasteiger charge is 2.02. The fraction of sp³-hybridized carbons (Fsp3) is 0.214. The largest absolute Gasteiger partial charge is 0.322 e. The standard InChI is InChI=1S/C14H15NO/c1-10(2)11-5-3-6-12(9-11)13-7-4-8-14(16)15-13/h3-10H,1-2H3,(H,15,16). The molecule has 0 fully saturated rings. The molecule has 0 spiro atoms. The average Bonchev–Trinajstić information content (AvgIpc) is 2.29. The second-order valence-corrected chi connectivity index (χ2v) is 4.21. The summed E-state index contributed by atoms with van der Waals surface area (Å²) >= 11 is 0. The normalized spacial score (nSPS) is 10.7. The van der Waals surface area contributed by atoms with E-state index < -0.39 is 0 Å². The van der Waals surface area contributed by atoms with Crippen molar-refractivity contribution in [3.05, 3.63) is 58.4 Å². The quantitative estimate of drug-likeness (QED) is 0.816. The number of aromatic nitrogens is 1. The van der Waals surface area contributed by atoms with Crippen molar-refractivity contribution in [2.45, 2.75) is 19.8 Å². The van der Waals surface area contributed by atoms with Crippen LogP contribution in [0, 0.1) is 0 Å². The Balaban J connectivity index is 2.48. The van der Waals surface area contributed by atoms with Crippen LogP contribution in [0.3, 0.4) is 0 Å². The van der Waals surface area contributed by atoms with Crippen LogP contribution in [0.4, 0.5) is 0 Å². The Labute approximate surface area is 95.0 Å². The maximum atomic E-state index is 11.2. The minimum absolute atomic E-state index is 0.0625. The molecule has 1 aromatic carbocycles. The molecule has 0 radical (unpaired) electrons. The van der Waals surface area contributed by atoms with E-state index in [9.17, 15) is 4.79 Å². The van der Waals surface area contributed by atoms with E-state index in [-0.39, 0.29) is 5.56 Å². The Morgan fingerprint density at radius 1 is 1.06 bits per heavy atom. The summed E-state index contributed by atoms with van der Waals surface area (Å²) < 4.78 is 0. The van der Waals surface area contributed by atoms with Crippen molar-refractivity contribution >= 4 is 0 Å². The van der Waals surface area contributed by atoms with E-state index in [0.717, 1.165) is 11.3 Å². The Morgan fingerprint density at radius 3 is 2.50 bits per heavy atom. The molecule has 1 N–H and O–H groups in total. The Morgan fingerprint density at radius 2 is 1.81 bits per heavy atom. The first-order chi connectivity index (χ1) is 7.66. The van der Waals surface area contributed by atoms with Gasteiger partial charge in [0.05, 0.1) is 0 Å². The van der Waals surface area contributed by atoms with Gasteiger partial charge in [-0.2, -0.15) is 0 Å². The van der Waals surface area contributed by atoms with Crippen molar-refractivity contribution in [2.75, 3.05) is 0 Å². The van der Waals surface area contributed by atoms with Gasteiger partial charge in [0, 0.05) is 11.8 Å². The van der Waals surface area contributed by atoms with Gasteiger partial charge < -0.3 is 4.98 Å². The maximum Gasteiger partial charge on any atom is 0.248 e. The van der Waals surface area contributed by atoms with Gasteiger partial charge in [-0.1, -0.05) is 38.1 Å². The van der Waals surface area contributed by atoms with Gasteiger partial charge in [-0.05, 0) is 29.2 Å². The number of pyridine rings is 1. The van der Waals surface area contributed by atoms with Crippen molar-refractivity contribution in [3.8, 4) is 11.3 Å². The molecule has 0 unspecified atom stereocenters. The zero-order valence-electron chi connectivity index (χ0n) is 9.53. The molecular formula is C14H15NO. The predicted molar refractivity (Wildman–Crippen MR) is 66.6 cm³/mol. The minimum atomic E-state index is -0.0625. The molecule has 2 heteroatoms. The van der Waals surface area contributed by atoms with Crippen LogP contribution in [-0.2, 0) is 0 Å². The number of hydrogen-bond acceptors (Lipinski definition) is 1. The average molecular weight is 213 g/mol. The number of hydrogen-bond donors (Lipinski definition) is 1. The van der Waals surface area contributed by atoms with Crippen LogP contribution in [-0.4, -0.2) is 4.98 Å². The third-order valence-electron chi connectivity index (χ3n) is 2.63. The first-order valence-electron chi connectivity index (χ1n) is 5.46. The van der Waals surface area contributed by atoms with Crippen molar-refractivity contribution < 1.29 is 0 Å². The molecule has 82 valence electrons.